The summed E-state index contributed by atoms with van der Waals surface area (Å²) in [6, 6.07) is 9.42. The Hall–Kier alpha value is -0.820. The van der Waals surface area contributed by atoms with Crippen molar-refractivity contribution < 1.29 is 21.6 Å². The first-order valence-electron chi connectivity index (χ1n) is 7.71. The van der Waals surface area contributed by atoms with Crippen molar-refractivity contribution in [2.45, 2.75) is 15.6 Å². The number of ether oxygens (including phenoxy) is 1. The average molecular weight is 481 g/mol. The lowest BCUT2D eigenvalue weighted by Crippen LogP contribution is -2.40. The van der Waals surface area contributed by atoms with Crippen LogP contribution in [0, 0.1) is 0 Å². The summed E-state index contributed by atoms with van der Waals surface area (Å²) in [4.78, 5) is 0.774. The first kappa shape index (κ1) is 19.9. The van der Waals surface area contributed by atoms with Gasteiger partial charge in [0.05, 0.1) is 18.1 Å². The number of morpholine rings is 1. The molecule has 1 saturated heterocycles. The molecular formula is C15H17BrN2O5S3. The Morgan fingerprint density at radius 1 is 1.04 bits per heavy atom. The fourth-order valence-corrected chi connectivity index (χ4v) is 6.59. The highest BCUT2D eigenvalue weighted by atomic mass is 79.9. The molecule has 0 radical (unpaired) electrons. The Bertz CT molecular complexity index is 965. The van der Waals surface area contributed by atoms with Crippen LogP contribution in [-0.2, 0) is 31.3 Å². The lowest BCUT2D eigenvalue weighted by Gasteiger charge is -2.25. The number of sulfonamides is 2. The van der Waals surface area contributed by atoms with E-state index in [2.05, 4.69) is 20.7 Å². The van der Waals surface area contributed by atoms with Crippen LogP contribution >= 0.6 is 27.3 Å². The van der Waals surface area contributed by atoms with Crippen LogP contribution in [-0.4, -0.2) is 47.4 Å². The van der Waals surface area contributed by atoms with Crippen molar-refractivity contribution in [3.63, 3.8) is 0 Å². The average Bonchev–Trinajstić information content (AvgIpc) is 3.11. The molecule has 3 rings (SSSR count). The van der Waals surface area contributed by atoms with Gasteiger partial charge in [-0.3, -0.25) is 0 Å². The van der Waals surface area contributed by atoms with Crippen molar-refractivity contribution in [3.8, 4) is 0 Å². The molecule has 11 heteroatoms. The van der Waals surface area contributed by atoms with Crippen molar-refractivity contribution in [2.24, 2.45) is 0 Å². The van der Waals surface area contributed by atoms with Gasteiger partial charge in [0.15, 0.2) is 0 Å². The molecule has 0 atom stereocenters. The quantitative estimate of drug-likeness (QED) is 0.682. The van der Waals surface area contributed by atoms with Gasteiger partial charge in [-0.2, -0.15) is 4.31 Å². The third kappa shape index (κ3) is 4.53. The summed E-state index contributed by atoms with van der Waals surface area (Å²) < 4.78 is 59.8. The largest absolute Gasteiger partial charge is 0.379 e. The summed E-state index contributed by atoms with van der Waals surface area (Å²) in [5.41, 5.74) is 0. The number of hydrogen-bond donors (Lipinski definition) is 1. The maximum absolute atomic E-state index is 12.6. The van der Waals surface area contributed by atoms with Gasteiger partial charge in [-0.1, -0.05) is 15.9 Å². The predicted octanol–water partition coefficient (Wildman–Crippen LogP) is 2.01. The predicted molar refractivity (Wildman–Crippen MR) is 102 cm³/mol. The molecule has 142 valence electrons. The van der Waals surface area contributed by atoms with E-state index < -0.39 is 20.0 Å². The van der Waals surface area contributed by atoms with Crippen LogP contribution in [0.5, 0.6) is 0 Å². The minimum atomic E-state index is -3.66. The molecule has 0 saturated carbocycles. The summed E-state index contributed by atoms with van der Waals surface area (Å²) in [5, 5.41) is 0. The fraction of sp³-hybridized carbons (Fsp3) is 0.333. The van der Waals surface area contributed by atoms with Crippen molar-refractivity contribution in [1.82, 2.24) is 9.03 Å². The second-order valence-corrected chi connectivity index (χ2v) is 11.5. The number of halogens is 1. The molecule has 2 heterocycles. The Morgan fingerprint density at radius 2 is 1.69 bits per heavy atom. The summed E-state index contributed by atoms with van der Waals surface area (Å²) in [6.45, 7) is 1.44. The molecule has 0 amide bonds. The molecule has 0 bridgehead atoms. The van der Waals surface area contributed by atoms with Crippen molar-refractivity contribution >= 4 is 47.3 Å². The van der Waals surface area contributed by atoms with Crippen LogP contribution in [0.2, 0.25) is 0 Å². The highest BCUT2D eigenvalue weighted by Crippen LogP contribution is 2.26. The van der Waals surface area contributed by atoms with Crippen molar-refractivity contribution in [3.05, 3.63) is 45.7 Å². The summed E-state index contributed by atoms with van der Waals surface area (Å²) in [5.74, 6) is 0. The Morgan fingerprint density at radius 3 is 2.35 bits per heavy atom. The zero-order valence-electron chi connectivity index (χ0n) is 13.6. The summed E-state index contributed by atoms with van der Waals surface area (Å²) >= 11 is 4.33. The maximum atomic E-state index is 12.6. The summed E-state index contributed by atoms with van der Waals surface area (Å²) in [6.07, 6.45) is 0. The standard InChI is InChI=1S/C15H17BrN2O5S3/c16-12-1-4-14(5-2-12)25(19,20)17-11-13-3-6-15(24-13)26(21,22)18-7-9-23-10-8-18/h1-6,17H,7-11H2. The highest BCUT2D eigenvalue weighted by Gasteiger charge is 2.27. The Kier molecular flexibility index (Phi) is 6.17. The van der Waals surface area contributed by atoms with Crippen LogP contribution in [0.25, 0.3) is 0 Å². The normalized spacial score (nSPS) is 16.7. The van der Waals surface area contributed by atoms with E-state index >= 15 is 0 Å². The maximum Gasteiger partial charge on any atom is 0.252 e. The SMILES string of the molecule is O=S(=O)(NCc1ccc(S(=O)(=O)N2CCOCC2)s1)c1ccc(Br)cc1. The topological polar surface area (TPSA) is 92.8 Å². The van der Waals surface area contributed by atoms with Gasteiger partial charge in [-0.05, 0) is 36.4 Å². The lowest BCUT2D eigenvalue weighted by atomic mass is 10.4. The van der Waals surface area contributed by atoms with Gasteiger partial charge in [-0.25, -0.2) is 21.6 Å². The van der Waals surface area contributed by atoms with E-state index in [0.29, 0.717) is 31.2 Å². The Labute approximate surface area is 165 Å². The molecule has 2 aromatic rings. The monoisotopic (exact) mass is 480 g/mol. The van der Waals surface area contributed by atoms with E-state index in [9.17, 15) is 16.8 Å². The van der Waals surface area contributed by atoms with Crippen LogP contribution in [0.3, 0.4) is 0 Å². The van der Waals surface area contributed by atoms with E-state index in [-0.39, 0.29) is 15.6 Å². The van der Waals surface area contributed by atoms with Gasteiger partial charge in [0, 0.05) is 29.0 Å². The van der Waals surface area contributed by atoms with Gasteiger partial charge in [0.25, 0.3) is 10.0 Å². The minimum absolute atomic E-state index is 0.0295. The summed E-state index contributed by atoms with van der Waals surface area (Å²) in [7, 11) is -7.22. The van der Waals surface area contributed by atoms with Gasteiger partial charge < -0.3 is 4.74 Å². The smallest absolute Gasteiger partial charge is 0.252 e. The molecule has 0 spiro atoms. The minimum Gasteiger partial charge on any atom is -0.379 e. The van der Waals surface area contributed by atoms with Crippen molar-refractivity contribution in [2.75, 3.05) is 26.3 Å². The molecular weight excluding hydrogens is 464 g/mol. The van der Waals surface area contributed by atoms with Gasteiger partial charge in [0.2, 0.25) is 10.0 Å². The number of hydrogen-bond acceptors (Lipinski definition) is 6. The third-order valence-electron chi connectivity index (χ3n) is 3.76. The first-order chi connectivity index (χ1) is 12.3. The zero-order chi connectivity index (χ0) is 18.8. The van der Waals surface area contributed by atoms with Gasteiger partial charge in [-0.15, -0.1) is 11.3 Å². The third-order valence-corrected chi connectivity index (χ3v) is 9.16. The molecule has 0 unspecified atom stereocenters. The second kappa shape index (κ2) is 8.05. The molecule has 26 heavy (non-hydrogen) atoms. The van der Waals surface area contributed by atoms with Crippen LogP contribution in [0.1, 0.15) is 4.88 Å². The number of benzene rings is 1. The molecule has 1 fully saturated rings. The van der Waals surface area contributed by atoms with Crippen LogP contribution < -0.4 is 4.72 Å². The Balaban J connectivity index is 1.69. The number of nitrogens with zero attached hydrogens (tertiary/aromatic N) is 1. The van der Waals surface area contributed by atoms with Crippen LogP contribution in [0.4, 0.5) is 0 Å². The molecule has 1 aromatic carbocycles. The van der Waals surface area contributed by atoms with E-state index in [0.717, 1.165) is 15.8 Å². The van der Waals surface area contributed by atoms with Crippen molar-refractivity contribution in [1.29, 1.82) is 0 Å². The van der Waals surface area contributed by atoms with Crippen LogP contribution in [0.15, 0.2) is 50.0 Å². The molecule has 1 aromatic heterocycles. The first-order valence-corrected chi connectivity index (χ1v) is 12.2. The van der Waals surface area contributed by atoms with Gasteiger partial charge in [0.1, 0.15) is 4.21 Å². The van der Waals surface area contributed by atoms with Gasteiger partial charge >= 0.3 is 0 Å². The lowest BCUT2D eigenvalue weighted by molar-refractivity contribution is 0.0731. The zero-order valence-corrected chi connectivity index (χ0v) is 17.6. The molecule has 7 nitrogen and oxygen atoms in total. The number of thiophene rings is 1. The van der Waals surface area contributed by atoms with E-state index in [1.165, 1.54) is 22.5 Å². The molecule has 0 aliphatic carbocycles. The molecule has 1 aliphatic heterocycles. The van der Waals surface area contributed by atoms with E-state index in [1.54, 1.807) is 18.2 Å². The number of rotatable bonds is 6. The molecule has 1 N–H and O–H groups in total. The number of nitrogens with one attached hydrogen (secondary N) is 1. The second-order valence-electron chi connectivity index (χ2n) is 5.52. The van der Waals surface area contributed by atoms with E-state index in [1.807, 2.05) is 0 Å². The molecule has 1 aliphatic rings. The van der Waals surface area contributed by atoms with E-state index in [4.69, 9.17) is 4.74 Å². The highest BCUT2D eigenvalue weighted by molar-refractivity contribution is 9.10. The fourth-order valence-electron chi connectivity index (χ4n) is 2.37.